The van der Waals surface area contributed by atoms with Crippen molar-refractivity contribution in [2.45, 2.75) is 20.8 Å². The maximum absolute atomic E-state index is 11.8. The first-order chi connectivity index (χ1) is 10.0. The number of rotatable bonds is 2. The summed E-state index contributed by atoms with van der Waals surface area (Å²) in [5.41, 5.74) is 2.50. The number of nitrogens with zero attached hydrogens (tertiary/aromatic N) is 4. The van der Waals surface area contributed by atoms with Crippen LogP contribution >= 0.6 is 0 Å². The maximum Gasteiger partial charge on any atom is 0.343 e. The first kappa shape index (κ1) is 13.3. The van der Waals surface area contributed by atoms with E-state index in [4.69, 9.17) is 4.74 Å². The van der Waals surface area contributed by atoms with Crippen molar-refractivity contribution in [1.29, 1.82) is 0 Å². The lowest BCUT2D eigenvalue weighted by Crippen LogP contribution is -2.07. The molecule has 3 heterocycles. The monoisotopic (exact) mass is 286 g/mol. The summed E-state index contributed by atoms with van der Waals surface area (Å²) in [5.74, 6) is -0.793. The summed E-state index contributed by atoms with van der Waals surface area (Å²) in [4.78, 5) is 20.5. The minimum atomic E-state index is -0.611. The predicted molar refractivity (Wildman–Crippen MR) is 75.4 cm³/mol. The van der Waals surface area contributed by atoms with Crippen LogP contribution in [0.25, 0.3) is 16.7 Å². The maximum atomic E-state index is 11.8. The van der Waals surface area contributed by atoms with Gasteiger partial charge in [0.15, 0.2) is 11.3 Å². The van der Waals surface area contributed by atoms with Crippen LogP contribution in [-0.2, 0) is 4.74 Å². The Labute approximate surface area is 120 Å². The lowest BCUT2D eigenvalue weighted by atomic mass is 10.1. The van der Waals surface area contributed by atoms with E-state index < -0.39 is 5.97 Å². The number of hydrogen-bond donors (Lipinski definition) is 1. The number of aryl methyl sites for hydroxylation is 2. The van der Waals surface area contributed by atoms with Crippen molar-refractivity contribution in [3.63, 3.8) is 0 Å². The standard InChI is InChI=1S/C14H14N4O3/c1-4-21-14(20)9-6-15-13-11(12(9)19)8(3)16-10-5-7(2)17-18(10)13/h5-6H,4H2,1-3H3,(H,15,19). The highest BCUT2D eigenvalue weighted by molar-refractivity contribution is 5.99. The van der Waals surface area contributed by atoms with Crippen LogP contribution in [0.2, 0.25) is 0 Å². The Morgan fingerprint density at radius 1 is 1.43 bits per heavy atom. The van der Waals surface area contributed by atoms with E-state index in [0.717, 1.165) is 5.69 Å². The normalized spacial score (nSPS) is 11.2. The van der Waals surface area contributed by atoms with E-state index in [1.54, 1.807) is 18.4 Å². The van der Waals surface area contributed by atoms with Crippen molar-refractivity contribution in [2.24, 2.45) is 0 Å². The lowest BCUT2D eigenvalue weighted by molar-refractivity contribution is 0.0523. The van der Waals surface area contributed by atoms with Gasteiger partial charge in [-0.05, 0) is 20.8 Å². The third-order valence-electron chi connectivity index (χ3n) is 3.18. The summed E-state index contributed by atoms with van der Waals surface area (Å²) in [5, 5.41) is 15.1. The molecule has 0 aromatic carbocycles. The Morgan fingerprint density at radius 2 is 2.19 bits per heavy atom. The SMILES string of the molecule is CCOC(=O)c1cnc2c(c(C)nc3cc(C)nn32)c1O. The summed E-state index contributed by atoms with van der Waals surface area (Å²) in [6.45, 7) is 5.53. The van der Waals surface area contributed by atoms with Gasteiger partial charge in [0.05, 0.1) is 23.4 Å². The average Bonchev–Trinajstić information content (AvgIpc) is 2.79. The molecule has 0 atom stereocenters. The van der Waals surface area contributed by atoms with Gasteiger partial charge >= 0.3 is 5.97 Å². The molecule has 0 spiro atoms. The molecule has 7 heteroatoms. The largest absolute Gasteiger partial charge is 0.506 e. The van der Waals surface area contributed by atoms with E-state index in [0.29, 0.717) is 22.4 Å². The quantitative estimate of drug-likeness (QED) is 0.722. The predicted octanol–water partition coefficient (Wildman–Crippen LogP) is 1.78. The van der Waals surface area contributed by atoms with E-state index in [9.17, 15) is 9.90 Å². The number of aromatic hydroxyl groups is 1. The van der Waals surface area contributed by atoms with Crippen LogP contribution in [-0.4, -0.2) is 37.3 Å². The summed E-state index contributed by atoms with van der Waals surface area (Å²) < 4.78 is 6.46. The molecule has 7 nitrogen and oxygen atoms in total. The molecule has 0 bridgehead atoms. The second-order valence-electron chi connectivity index (χ2n) is 4.69. The molecule has 0 saturated carbocycles. The van der Waals surface area contributed by atoms with Gasteiger partial charge in [0.25, 0.3) is 0 Å². The Bertz CT molecular complexity index is 870. The van der Waals surface area contributed by atoms with Gasteiger partial charge in [0.2, 0.25) is 0 Å². The van der Waals surface area contributed by atoms with Crippen molar-refractivity contribution in [2.75, 3.05) is 6.61 Å². The Kier molecular flexibility index (Phi) is 2.97. The molecule has 0 saturated heterocycles. The number of hydrogen-bond acceptors (Lipinski definition) is 6. The molecule has 1 N–H and O–H groups in total. The van der Waals surface area contributed by atoms with Crippen LogP contribution in [0.3, 0.4) is 0 Å². The topological polar surface area (TPSA) is 89.6 Å². The van der Waals surface area contributed by atoms with Gasteiger partial charge in [-0.2, -0.15) is 9.61 Å². The molecule has 0 aliphatic rings. The Morgan fingerprint density at radius 3 is 2.90 bits per heavy atom. The van der Waals surface area contributed by atoms with Gasteiger partial charge in [0, 0.05) is 12.3 Å². The molecule has 0 unspecified atom stereocenters. The summed E-state index contributed by atoms with van der Waals surface area (Å²) >= 11 is 0. The van der Waals surface area contributed by atoms with Gasteiger partial charge in [-0.25, -0.2) is 14.8 Å². The molecule has 3 aromatic heterocycles. The van der Waals surface area contributed by atoms with Crippen molar-refractivity contribution >= 4 is 22.6 Å². The summed E-state index contributed by atoms with van der Waals surface area (Å²) in [6, 6.07) is 1.82. The Hall–Kier alpha value is -2.70. The third-order valence-corrected chi connectivity index (χ3v) is 3.18. The molecule has 0 aliphatic heterocycles. The van der Waals surface area contributed by atoms with Crippen molar-refractivity contribution in [3.05, 3.63) is 29.2 Å². The number of esters is 1. The fourth-order valence-corrected chi connectivity index (χ4v) is 2.29. The number of pyridine rings is 1. The van der Waals surface area contributed by atoms with E-state index >= 15 is 0 Å². The molecule has 0 amide bonds. The first-order valence-electron chi connectivity index (χ1n) is 6.54. The van der Waals surface area contributed by atoms with Crippen LogP contribution in [0.1, 0.15) is 28.7 Å². The fourth-order valence-electron chi connectivity index (χ4n) is 2.29. The summed E-state index contributed by atoms with van der Waals surface area (Å²) in [6.07, 6.45) is 1.30. The van der Waals surface area contributed by atoms with Crippen molar-refractivity contribution in [1.82, 2.24) is 19.6 Å². The van der Waals surface area contributed by atoms with Gasteiger partial charge in [0.1, 0.15) is 11.3 Å². The zero-order valence-corrected chi connectivity index (χ0v) is 11.9. The molecular formula is C14H14N4O3. The highest BCUT2D eigenvalue weighted by atomic mass is 16.5. The number of carbonyl (C=O) groups excluding carboxylic acids is 1. The van der Waals surface area contributed by atoms with Gasteiger partial charge < -0.3 is 9.84 Å². The van der Waals surface area contributed by atoms with E-state index in [1.165, 1.54) is 6.20 Å². The zero-order chi connectivity index (χ0) is 15.1. The molecular weight excluding hydrogens is 272 g/mol. The highest BCUT2D eigenvalue weighted by Gasteiger charge is 2.20. The van der Waals surface area contributed by atoms with Crippen LogP contribution in [0.5, 0.6) is 5.75 Å². The molecule has 3 aromatic rings. The molecule has 108 valence electrons. The average molecular weight is 286 g/mol. The van der Waals surface area contributed by atoms with Crippen LogP contribution in [0.15, 0.2) is 12.3 Å². The highest BCUT2D eigenvalue weighted by Crippen LogP contribution is 2.30. The van der Waals surface area contributed by atoms with E-state index in [1.807, 2.05) is 13.0 Å². The summed E-state index contributed by atoms with van der Waals surface area (Å²) in [7, 11) is 0. The fraction of sp³-hybridized carbons (Fsp3) is 0.286. The number of ether oxygens (including phenoxy) is 1. The number of carbonyl (C=O) groups is 1. The third kappa shape index (κ3) is 1.97. The molecule has 0 fully saturated rings. The molecule has 21 heavy (non-hydrogen) atoms. The molecule has 3 rings (SSSR count). The van der Waals surface area contributed by atoms with Crippen LogP contribution in [0.4, 0.5) is 0 Å². The lowest BCUT2D eigenvalue weighted by Gasteiger charge is -2.09. The van der Waals surface area contributed by atoms with Gasteiger partial charge in [-0.1, -0.05) is 0 Å². The number of fused-ring (bicyclic) bond motifs is 3. The second-order valence-corrected chi connectivity index (χ2v) is 4.69. The van der Waals surface area contributed by atoms with Crippen LogP contribution < -0.4 is 0 Å². The molecule has 0 radical (unpaired) electrons. The number of aromatic nitrogens is 4. The minimum Gasteiger partial charge on any atom is -0.506 e. The molecule has 0 aliphatic carbocycles. The van der Waals surface area contributed by atoms with E-state index in [-0.39, 0.29) is 17.9 Å². The zero-order valence-electron chi connectivity index (χ0n) is 11.9. The minimum absolute atomic E-state index is 0.0254. The van der Waals surface area contributed by atoms with E-state index in [2.05, 4.69) is 15.1 Å². The van der Waals surface area contributed by atoms with Gasteiger partial charge in [-0.3, -0.25) is 0 Å². The van der Waals surface area contributed by atoms with Crippen molar-refractivity contribution < 1.29 is 14.6 Å². The second kappa shape index (κ2) is 4.69. The Balaban J connectivity index is 2.35. The van der Waals surface area contributed by atoms with Crippen LogP contribution in [0, 0.1) is 13.8 Å². The van der Waals surface area contributed by atoms with Gasteiger partial charge in [-0.15, -0.1) is 0 Å². The first-order valence-corrected chi connectivity index (χ1v) is 6.54. The van der Waals surface area contributed by atoms with Crippen molar-refractivity contribution in [3.8, 4) is 5.75 Å². The smallest absolute Gasteiger partial charge is 0.343 e.